The van der Waals surface area contributed by atoms with E-state index in [2.05, 4.69) is 4.98 Å². The second-order valence-corrected chi connectivity index (χ2v) is 10.6. The van der Waals surface area contributed by atoms with E-state index < -0.39 is 11.2 Å². The van der Waals surface area contributed by atoms with Crippen molar-refractivity contribution in [3.05, 3.63) is 99.3 Å². The first-order valence-corrected chi connectivity index (χ1v) is 13.0. The molecule has 0 N–H and O–H groups in total. The van der Waals surface area contributed by atoms with Gasteiger partial charge in [-0.3, -0.25) is 4.57 Å². The lowest BCUT2D eigenvalue weighted by Gasteiger charge is -2.28. The average molecular weight is 547 g/mol. The van der Waals surface area contributed by atoms with E-state index in [0.29, 0.717) is 38.6 Å². The summed E-state index contributed by atoms with van der Waals surface area (Å²) < 4.78 is 41.5. The number of ether oxygens (including phenoxy) is 2. The van der Waals surface area contributed by atoms with Crippen LogP contribution in [0.15, 0.2) is 65.8 Å². The molecule has 5 rings (SSSR count). The number of benzene rings is 3. The second-order valence-electron chi connectivity index (χ2n) is 8.92. The largest absolute Gasteiger partial charge is 0.451 e. The van der Waals surface area contributed by atoms with Gasteiger partial charge >= 0.3 is 0 Å². The molecule has 1 aliphatic heterocycles. The van der Waals surface area contributed by atoms with E-state index in [1.165, 1.54) is 30.0 Å². The molecule has 186 valence electrons. The van der Waals surface area contributed by atoms with Gasteiger partial charge in [0.25, 0.3) is 0 Å². The molecule has 0 spiro atoms. The Morgan fingerprint density at radius 1 is 1.00 bits per heavy atom. The van der Waals surface area contributed by atoms with Crippen molar-refractivity contribution in [1.82, 2.24) is 9.55 Å². The molecule has 36 heavy (non-hydrogen) atoms. The van der Waals surface area contributed by atoms with Gasteiger partial charge in [-0.05, 0) is 54.1 Å². The maximum Gasteiger partial charge on any atom is 0.238 e. The van der Waals surface area contributed by atoms with Gasteiger partial charge in [-0.25, -0.2) is 13.8 Å². The zero-order valence-corrected chi connectivity index (χ0v) is 22.0. The molecule has 1 atom stereocenters. The molecule has 4 aromatic rings. The number of hydrogen-bond acceptors (Lipinski definition) is 4. The van der Waals surface area contributed by atoms with Crippen LogP contribution in [-0.2, 0) is 11.2 Å². The molecule has 3 aromatic carbocycles. The molecule has 0 saturated heterocycles. The lowest BCUT2D eigenvalue weighted by Crippen LogP contribution is -2.23. The van der Waals surface area contributed by atoms with Crippen molar-refractivity contribution in [3.8, 4) is 17.2 Å². The van der Waals surface area contributed by atoms with E-state index in [-0.39, 0.29) is 23.0 Å². The van der Waals surface area contributed by atoms with Gasteiger partial charge in [0, 0.05) is 34.4 Å². The zero-order chi connectivity index (χ0) is 25.6. The third-order valence-corrected chi connectivity index (χ3v) is 7.72. The van der Waals surface area contributed by atoms with Crippen LogP contribution in [0, 0.1) is 11.6 Å². The Morgan fingerprint density at radius 2 is 1.72 bits per heavy atom. The van der Waals surface area contributed by atoms with E-state index in [4.69, 9.17) is 32.7 Å². The van der Waals surface area contributed by atoms with Gasteiger partial charge in [0.1, 0.15) is 11.6 Å². The number of hydrogen-bond donors (Lipinski definition) is 0. The molecule has 4 nitrogen and oxygen atoms in total. The summed E-state index contributed by atoms with van der Waals surface area (Å²) in [6.07, 6.45) is -0.361. The van der Waals surface area contributed by atoms with Crippen LogP contribution in [0.4, 0.5) is 8.78 Å². The first-order valence-electron chi connectivity index (χ1n) is 11.2. The maximum absolute atomic E-state index is 14.4. The molecular weight excluding hydrogens is 525 g/mol. The summed E-state index contributed by atoms with van der Waals surface area (Å²) in [5, 5.41) is 1.16. The van der Waals surface area contributed by atoms with Crippen molar-refractivity contribution in [3.63, 3.8) is 0 Å². The van der Waals surface area contributed by atoms with Gasteiger partial charge < -0.3 is 9.47 Å². The van der Waals surface area contributed by atoms with Crippen LogP contribution in [0.2, 0.25) is 10.2 Å². The number of aromatic nitrogens is 2. The molecule has 0 radical (unpaired) electrons. The van der Waals surface area contributed by atoms with E-state index in [1.54, 1.807) is 24.3 Å². The van der Waals surface area contributed by atoms with Crippen LogP contribution in [0.1, 0.15) is 37.6 Å². The quantitative estimate of drug-likeness (QED) is 0.228. The third kappa shape index (κ3) is 4.56. The second kappa shape index (κ2) is 9.61. The van der Waals surface area contributed by atoms with Crippen LogP contribution in [0.5, 0.6) is 11.5 Å². The Balaban J connectivity index is 1.61. The third-order valence-electron chi connectivity index (χ3n) is 6.14. The smallest absolute Gasteiger partial charge is 0.238 e. The van der Waals surface area contributed by atoms with Crippen LogP contribution in [0.3, 0.4) is 0 Å². The Labute approximate surface area is 222 Å². The monoisotopic (exact) mass is 546 g/mol. The van der Waals surface area contributed by atoms with Crippen molar-refractivity contribution >= 4 is 35.0 Å². The van der Waals surface area contributed by atoms with Gasteiger partial charge in [-0.1, -0.05) is 60.9 Å². The number of fused-ring (bicyclic) bond motifs is 1. The summed E-state index contributed by atoms with van der Waals surface area (Å²) in [4.78, 5) is 4.64. The number of nitrogens with zero attached hydrogens (tertiary/aromatic N) is 2. The zero-order valence-electron chi connectivity index (χ0n) is 19.7. The number of halogens is 4. The predicted octanol–water partition coefficient (Wildman–Crippen LogP) is 8.19. The van der Waals surface area contributed by atoms with Crippen molar-refractivity contribution in [2.24, 2.45) is 0 Å². The van der Waals surface area contributed by atoms with Gasteiger partial charge in [-0.2, -0.15) is 0 Å². The summed E-state index contributed by atoms with van der Waals surface area (Å²) in [7, 11) is 0. The highest BCUT2D eigenvalue weighted by Gasteiger charge is 2.34. The van der Waals surface area contributed by atoms with Crippen molar-refractivity contribution in [2.75, 3.05) is 0 Å². The molecule has 0 saturated carbocycles. The SMILES string of the molecule is CC1Oc2ccc(C(C)(C)c3c(Cl)nc(SCc4c(F)cccc4Cl)n3-c3ccc(F)cc3)cc2O1. The van der Waals surface area contributed by atoms with Crippen LogP contribution in [-0.4, -0.2) is 15.8 Å². The fraction of sp³-hybridized carbons (Fsp3) is 0.222. The molecule has 1 aliphatic rings. The highest BCUT2D eigenvalue weighted by atomic mass is 35.5. The standard InChI is InChI=1S/C27H22Cl2F2N2O2S/c1-15-34-22-12-7-16(13-23(22)35-15)27(2,3)24-25(29)32-26(33(24)18-10-8-17(30)9-11-18)36-14-19-20(28)5-4-6-21(19)31/h4-13,15H,14H2,1-3H3. The van der Waals surface area contributed by atoms with Crippen LogP contribution >= 0.6 is 35.0 Å². The summed E-state index contributed by atoms with van der Waals surface area (Å²) in [5.74, 6) is 0.820. The van der Waals surface area contributed by atoms with E-state index >= 15 is 0 Å². The van der Waals surface area contributed by atoms with Crippen LogP contribution in [0.25, 0.3) is 5.69 Å². The lowest BCUT2D eigenvalue weighted by atomic mass is 9.81. The molecule has 0 fully saturated rings. The molecule has 0 bridgehead atoms. The van der Waals surface area contributed by atoms with Gasteiger partial charge in [0.05, 0.1) is 5.69 Å². The molecule has 0 aliphatic carbocycles. The number of imidazole rings is 1. The van der Waals surface area contributed by atoms with Crippen molar-refractivity contribution < 1.29 is 18.3 Å². The number of thioether (sulfide) groups is 1. The highest BCUT2D eigenvalue weighted by Crippen LogP contribution is 2.44. The Kier molecular flexibility index (Phi) is 6.66. The minimum Gasteiger partial charge on any atom is -0.451 e. The van der Waals surface area contributed by atoms with Gasteiger partial charge in [0.15, 0.2) is 21.8 Å². The molecule has 9 heteroatoms. The van der Waals surface area contributed by atoms with Crippen LogP contribution < -0.4 is 9.47 Å². The summed E-state index contributed by atoms with van der Waals surface area (Å²) in [5.41, 5.74) is 2.04. The normalized spacial score (nSPS) is 14.9. The summed E-state index contributed by atoms with van der Waals surface area (Å²) in [6, 6.07) is 16.4. The molecule has 2 heterocycles. The van der Waals surface area contributed by atoms with E-state index in [0.717, 1.165) is 5.56 Å². The minimum atomic E-state index is -0.642. The topological polar surface area (TPSA) is 36.3 Å². The van der Waals surface area contributed by atoms with Gasteiger partial charge in [0.2, 0.25) is 6.29 Å². The lowest BCUT2D eigenvalue weighted by molar-refractivity contribution is 0.0678. The number of rotatable bonds is 6. The maximum atomic E-state index is 14.4. The summed E-state index contributed by atoms with van der Waals surface area (Å²) >= 11 is 14.3. The molecule has 0 amide bonds. The van der Waals surface area contributed by atoms with Crippen molar-refractivity contribution in [2.45, 2.75) is 43.4 Å². The predicted molar refractivity (Wildman–Crippen MR) is 139 cm³/mol. The van der Waals surface area contributed by atoms with Crippen molar-refractivity contribution in [1.29, 1.82) is 0 Å². The molecule has 1 aromatic heterocycles. The molecule has 1 unspecified atom stereocenters. The fourth-order valence-corrected chi connectivity index (χ4v) is 6.06. The Hall–Kier alpha value is -2.74. The Morgan fingerprint density at radius 3 is 2.44 bits per heavy atom. The minimum absolute atomic E-state index is 0.238. The van der Waals surface area contributed by atoms with Gasteiger partial charge in [-0.15, -0.1) is 0 Å². The summed E-state index contributed by atoms with van der Waals surface area (Å²) in [6.45, 7) is 5.88. The first-order chi connectivity index (χ1) is 17.1. The first kappa shape index (κ1) is 24.9. The fourth-order valence-electron chi connectivity index (χ4n) is 4.25. The average Bonchev–Trinajstić information content (AvgIpc) is 3.37. The van der Waals surface area contributed by atoms with E-state index in [9.17, 15) is 8.78 Å². The highest BCUT2D eigenvalue weighted by molar-refractivity contribution is 7.98. The Bertz CT molecular complexity index is 1420. The molecular formula is C27H22Cl2F2N2O2S. The van der Waals surface area contributed by atoms with E-state index in [1.807, 2.05) is 43.5 Å².